The van der Waals surface area contributed by atoms with Gasteiger partial charge < -0.3 is 0 Å². The maximum Gasteiger partial charge on any atom is 0.257 e. The molecular weight excluding hydrogens is 452 g/mol. The number of thiazole rings is 2. The second-order valence-corrected chi connectivity index (χ2v) is 11.4. The van der Waals surface area contributed by atoms with E-state index in [1.807, 2.05) is 26.0 Å². The van der Waals surface area contributed by atoms with Gasteiger partial charge in [0.15, 0.2) is 5.13 Å². The average Bonchev–Trinajstić information content (AvgIpc) is 3.33. The molecule has 0 saturated carbocycles. The van der Waals surface area contributed by atoms with E-state index in [-0.39, 0.29) is 10.8 Å². The molecule has 1 amide bonds. The highest BCUT2D eigenvalue weighted by atomic mass is 32.2. The van der Waals surface area contributed by atoms with Crippen LogP contribution < -0.4 is 5.32 Å². The third-order valence-corrected chi connectivity index (χ3v) is 8.69. The molecule has 0 atom stereocenters. The van der Waals surface area contributed by atoms with Gasteiger partial charge in [-0.25, -0.2) is 22.7 Å². The maximum atomic E-state index is 12.7. The van der Waals surface area contributed by atoms with Crippen molar-refractivity contribution >= 4 is 64.2 Å². The number of unbranched alkanes of at least 4 members (excludes halogenated alkanes) is 1. The minimum atomic E-state index is -3.56. The SMILES string of the molecule is CCCCN(C)S(=O)(=O)c1ccc(C(=O)Nc2nc3ccc4sc(C)nc4c3s2)cc1. The molecule has 4 rings (SSSR count). The van der Waals surface area contributed by atoms with Crippen LogP contribution >= 0.6 is 22.7 Å². The van der Waals surface area contributed by atoms with E-state index < -0.39 is 10.0 Å². The molecule has 162 valence electrons. The van der Waals surface area contributed by atoms with E-state index in [0.717, 1.165) is 38.3 Å². The topological polar surface area (TPSA) is 92.3 Å². The van der Waals surface area contributed by atoms with Crippen LogP contribution in [0.5, 0.6) is 0 Å². The normalized spacial score (nSPS) is 12.1. The molecule has 0 bridgehead atoms. The molecule has 10 heteroatoms. The molecule has 0 fully saturated rings. The Bertz CT molecular complexity index is 1360. The fourth-order valence-corrected chi connectivity index (χ4v) is 6.23. The number of hydrogen-bond donors (Lipinski definition) is 1. The van der Waals surface area contributed by atoms with E-state index in [1.165, 1.54) is 39.9 Å². The van der Waals surface area contributed by atoms with E-state index >= 15 is 0 Å². The first kappa shape index (κ1) is 21.8. The molecule has 0 aliphatic heterocycles. The minimum Gasteiger partial charge on any atom is -0.298 e. The average molecular weight is 475 g/mol. The molecule has 0 saturated heterocycles. The number of sulfonamides is 1. The molecule has 0 aliphatic carbocycles. The summed E-state index contributed by atoms with van der Waals surface area (Å²) in [6.07, 6.45) is 1.71. The zero-order chi connectivity index (χ0) is 22.2. The van der Waals surface area contributed by atoms with Gasteiger partial charge in [0.2, 0.25) is 10.0 Å². The van der Waals surface area contributed by atoms with E-state index in [9.17, 15) is 13.2 Å². The van der Waals surface area contributed by atoms with Gasteiger partial charge in [-0.2, -0.15) is 0 Å². The number of carbonyl (C=O) groups is 1. The number of rotatable bonds is 7. The second kappa shape index (κ2) is 8.62. The Kier molecular flexibility index (Phi) is 6.07. The zero-order valence-corrected chi connectivity index (χ0v) is 19.8. The van der Waals surface area contributed by atoms with Crippen LogP contribution in [0.3, 0.4) is 0 Å². The summed E-state index contributed by atoms with van der Waals surface area (Å²) < 4.78 is 28.6. The summed E-state index contributed by atoms with van der Waals surface area (Å²) in [7, 11) is -1.99. The van der Waals surface area contributed by atoms with Crippen molar-refractivity contribution < 1.29 is 13.2 Å². The molecule has 2 aromatic heterocycles. The van der Waals surface area contributed by atoms with Gasteiger partial charge in [0.1, 0.15) is 5.52 Å². The van der Waals surface area contributed by atoms with E-state index in [2.05, 4.69) is 15.3 Å². The fourth-order valence-electron chi connectivity index (χ4n) is 3.17. The summed E-state index contributed by atoms with van der Waals surface area (Å²) in [5.74, 6) is -0.340. The summed E-state index contributed by atoms with van der Waals surface area (Å²) in [4.78, 5) is 21.9. The predicted octanol–water partition coefficient (Wildman–Crippen LogP) is 4.89. The number of carbonyl (C=O) groups excluding carboxylic acids is 1. The van der Waals surface area contributed by atoms with Gasteiger partial charge in [0, 0.05) is 19.2 Å². The molecule has 4 aromatic rings. The van der Waals surface area contributed by atoms with Gasteiger partial charge >= 0.3 is 0 Å². The zero-order valence-electron chi connectivity index (χ0n) is 17.4. The number of benzene rings is 2. The van der Waals surface area contributed by atoms with Crippen molar-refractivity contribution in [2.24, 2.45) is 0 Å². The monoisotopic (exact) mass is 474 g/mol. The van der Waals surface area contributed by atoms with Gasteiger partial charge in [-0.15, -0.1) is 11.3 Å². The summed E-state index contributed by atoms with van der Waals surface area (Å²) in [5, 5.41) is 4.28. The Morgan fingerprint density at radius 1 is 1.10 bits per heavy atom. The van der Waals surface area contributed by atoms with Crippen molar-refractivity contribution in [3.8, 4) is 0 Å². The predicted molar refractivity (Wildman–Crippen MR) is 127 cm³/mol. The molecule has 0 radical (unpaired) electrons. The minimum absolute atomic E-state index is 0.170. The van der Waals surface area contributed by atoms with E-state index in [1.54, 1.807) is 18.4 Å². The Morgan fingerprint density at radius 2 is 1.84 bits per heavy atom. The lowest BCUT2D eigenvalue weighted by molar-refractivity contribution is 0.102. The lowest BCUT2D eigenvalue weighted by Gasteiger charge is -2.16. The number of anilines is 1. The first-order valence-corrected chi connectivity index (χ1v) is 12.9. The van der Waals surface area contributed by atoms with Crippen LogP contribution in [0.1, 0.15) is 35.1 Å². The van der Waals surface area contributed by atoms with Crippen molar-refractivity contribution in [3.05, 3.63) is 47.0 Å². The largest absolute Gasteiger partial charge is 0.298 e. The van der Waals surface area contributed by atoms with Crippen LogP contribution in [0.4, 0.5) is 5.13 Å². The van der Waals surface area contributed by atoms with Crippen molar-refractivity contribution in [1.82, 2.24) is 14.3 Å². The van der Waals surface area contributed by atoms with E-state index in [0.29, 0.717) is 17.2 Å². The van der Waals surface area contributed by atoms with Gasteiger partial charge in [-0.05, 0) is 49.7 Å². The molecule has 31 heavy (non-hydrogen) atoms. The summed E-state index contributed by atoms with van der Waals surface area (Å²) in [6.45, 7) is 4.44. The first-order chi connectivity index (χ1) is 14.8. The lowest BCUT2D eigenvalue weighted by Crippen LogP contribution is -2.28. The molecule has 1 N–H and O–H groups in total. The smallest absolute Gasteiger partial charge is 0.257 e. The first-order valence-electron chi connectivity index (χ1n) is 9.84. The number of hydrogen-bond acceptors (Lipinski definition) is 7. The van der Waals surface area contributed by atoms with Crippen LogP contribution in [0.15, 0.2) is 41.3 Å². The highest BCUT2D eigenvalue weighted by Gasteiger charge is 2.21. The second-order valence-electron chi connectivity index (χ2n) is 7.17. The Morgan fingerprint density at radius 3 is 2.55 bits per heavy atom. The number of aryl methyl sites for hydroxylation is 1. The van der Waals surface area contributed by atoms with Crippen LogP contribution in [0.2, 0.25) is 0 Å². The summed E-state index contributed by atoms with van der Waals surface area (Å²) in [5.41, 5.74) is 2.05. The van der Waals surface area contributed by atoms with Crippen LogP contribution in [-0.4, -0.2) is 42.2 Å². The van der Waals surface area contributed by atoms with Gasteiger partial charge in [0.25, 0.3) is 5.91 Å². The van der Waals surface area contributed by atoms with Crippen molar-refractivity contribution in [2.75, 3.05) is 18.9 Å². The lowest BCUT2D eigenvalue weighted by atomic mass is 10.2. The highest BCUT2D eigenvalue weighted by Crippen LogP contribution is 2.34. The Balaban J connectivity index is 1.53. The molecular formula is C21H22N4O3S3. The summed E-state index contributed by atoms with van der Waals surface area (Å²) in [6, 6.07) is 9.89. The fraction of sp³-hybridized carbons (Fsp3) is 0.286. The van der Waals surface area contributed by atoms with Gasteiger partial charge in [-0.1, -0.05) is 24.7 Å². The maximum absolute atomic E-state index is 12.7. The number of amides is 1. The third kappa shape index (κ3) is 4.33. The molecule has 2 aromatic carbocycles. The number of fused-ring (bicyclic) bond motifs is 3. The number of nitrogens with one attached hydrogen (secondary N) is 1. The van der Waals surface area contributed by atoms with Crippen molar-refractivity contribution in [1.29, 1.82) is 0 Å². The van der Waals surface area contributed by atoms with Crippen molar-refractivity contribution in [2.45, 2.75) is 31.6 Å². The Hall–Kier alpha value is -2.40. The summed E-state index contributed by atoms with van der Waals surface area (Å²) >= 11 is 3.00. The molecule has 7 nitrogen and oxygen atoms in total. The van der Waals surface area contributed by atoms with E-state index in [4.69, 9.17) is 0 Å². The van der Waals surface area contributed by atoms with Crippen LogP contribution in [-0.2, 0) is 10.0 Å². The molecule has 0 aliphatic rings. The van der Waals surface area contributed by atoms with Crippen molar-refractivity contribution in [3.63, 3.8) is 0 Å². The number of nitrogens with zero attached hydrogens (tertiary/aromatic N) is 3. The van der Waals surface area contributed by atoms with Gasteiger partial charge in [-0.3, -0.25) is 10.1 Å². The van der Waals surface area contributed by atoms with Gasteiger partial charge in [0.05, 0.1) is 24.8 Å². The Labute approximate surface area is 188 Å². The van der Waals surface area contributed by atoms with Crippen LogP contribution in [0, 0.1) is 6.92 Å². The highest BCUT2D eigenvalue weighted by molar-refractivity contribution is 7.89. The number of aromatic nitrogens is 2. The standard InChI is InChI=1S/C21H22N4O3S3/c1-4-5-12-25(3)31(27,28)15-8-6-14(7-9-15)20(26)24-21-23-16-10-11-17-18(19(16)30-21)22-13(2)29-17/h6-11H,4-5,12H2,1-3H3,(H,23,24,26). The third-order valence-electron chi connectivity index (χ3n) is 4.89. The van der Waals surface area contributed by atoms with Crippen LogP contribution in [0.25, 0.3) is 20.4 Å². The molecule has 2 heterocycles. The molecule has 0 spiro atoms. The molecule has 0 unspecified atom stereocenters. The quantitative estimate of drug-likeness (QED) is 0.412.